The van der Waals surface area contributed by atoms with Gasteiger partial charge in [-0.2, -0.15) is 0 Å². The summed E-state index contributed by atoms with van der Waals surface area (Å²) in [6, 6.07) is 6.58. The highest BCUT2D eigenvalue weighted by Gasteiger charge is 2.32. The van der Waals surface area contributed by atoms with E-state index in [1.807, 2.05) is 0 Å². The Balaban J connectivity index is 1.84. The van der Waals surface area contributed by atoms with Crippen molar-refractivity contribution < 1.29 is 13.2 Å². The molecule has 0 amide bonds. The zero-order valence-corrected chi connectivity index (χ0v) is 11.8. The van der Waals surface area contributed by atoms with E-state index in [0.717, 1.165) is 30.0 Å². The van der Waals surface area contributed by atoms with Crippen LogP contribution in [0.5, 0.6) is 0 Å². The van der Waals surface area contributed by atoms with Crippen LogP contribution >= 0.6 is 0 Å². The number of benzene rings is 1. The van der Waals surface area contributed by atoms with E-state index in [4.69, 9.17) is 0 Å². The molecule has 3 rings (SSSR count). The Morgan fingerprint density at radius 2 is 1.95 bits per heavy atom. The summed E-state index contributed by atoms with van der Waals surface area (Å²) in [5.74, 6) is 0.00711. The highest BCUT2D eigenvalue weighted by atomic mass is 32.2. The molecule has 1 saturated carbocycles. The molecule has 1 aromatic carbocycles. The van der Waals surface area contributed by atoms with Crippen molar-refractivity contribution in [1.29, 1.82) is 0 Å². The fourth-order valence-corrected chi connectivity index (χ4v) is 4.11. The van der Waals surface area contributed by atoms with Crippen molar-refractivity contribution in [3.05, 3.63) is 24.3 Å². The molecule has 0 radical (unpaired) electrons. The van der Waals surface area contributed by atoms with Gasteiger partial charge in [-0.1, -0.05) is 25.0 Å². The third-order valence-corrected chi connectivity index (χ3v) is 5.64. The number of carbonyl (C=O) groups excluding carboxylic acids is 1. The lowest BCUT2D eigenvalue weighted by atomic mass is 10.0. The van der Waals surface area contributed by atoms with Crippen LogP contribution in [0.2, 0.25) is 0 Å². The number of aliphatic imine (C=N–C) groups is 1. The Morgan fingerprint density at radius 1 is 1.25 bits per heavy atom. The number of para-hydroxylation sites is 1. The number of carbonyl (C=O) groups is 1. The third-order valence-electron chi connectivity index (χ3n) is 3.90. The monoisotopic (exact) mass is 292 g/mol. The zero-order valence-electron chi connectivity index (χ0n) is 11.0. The first-order valence-corrected chi connectivity index (χ1v) is 8.21. The standard InChI is InChI=1S/C14H16N2O3S/c17-13(11-5-1-2-6-11)9-16-10-15-12-7-3-4-8-14(12)20(16,18)19/h3-4,7-8,10-11H,1-2,5-6,9H2. The van der Waals surface area contributed by atoms with Gasteiger partial charge in [0, 0.05) is 5.92 Å². The topological polar surface area (TPSA) is 66.8 Å². The second kappa shape index (κ2) is 5.01. The molecule has 2 aliphatic rings. The van der Waals surface area contributed by atoms with Crippen molar-refractivity contribution >= 4 is 27.8 Å². The maximum absolute atomic E-state index is 12.4. The minimum absolute atomic E-state index is 0.00286. The Kier molecular flexibility index (Phi) is 3.33. The molecule has 106 valence electrons. The summed E-state index contributed by atoms with van der Waals surface area (Å²) in [5, 5.41) is 0. The molecule has 1 aromatic rings. The molecule has 0 atom stereocenters. The molecule has 0 N–H and O–H groups in total. The van der Waals surface area contributed by atoms with Crippen LogP contribution in [-0.4, -0.2) is 31.4 Å². The molecular weight excluding hydrogens is 276 g/mol. The van der Waals surface area contributed by atoms with Crippen LogP contribution in [0.3, 0.4) is 0 Å². The average Bonchev–Trinajstić information content (AvgIpc) is 2.96. The quantitative estimate of drug-likeness (QED) is 0.857. The molecule has 1 fully saturated rings. The number of sulfonamides is 1. The SMILES string of the molecule is O=C(CN1C=Nc2ccccc2S1(=O)=O)C1CCCC1. The predicted octanol–water partition coefficient (Wildman–Crippen LogP) is 2.11. The van der Waals surface area contributed by atoms with Gasteiger partial charge in [-0.05, 0) is 25.0 Å². The van der Waals surface area contributed by atoms with Crippen molar-refractivity contribution in [3.63, 3.8) is 0 Å². The van der Waals surface area contributed by atoms with Gasteiger partial charge in [-0.3, -0.25) is 4.79 Å². The summed E-state index contributed by atoms with van der Waals surface area (Å²) in [5.41, 5.74) is 0.428. The van der Waals surface area contributed by atoms with Gasteiger partial charge < -0.3 is 0 Å². The van der Waals surface area contributed by atoms with Crippen LogP contribution in [0.1, 0.15) is 25.7 Å². The van der Waals surface area contributed by atoms with Crippen LogP contribution in [0.4, 0.5) is 5.69 Å². The number of nitrogens with zero attached hydrogens (tertiary/aromatic N) is 2. The molecule has 0 unspecified atom stereocenters. The average molecular weight is 292 g/mol. The first-order valence-electron chi connectivity index (χ1n) is 6.77. The molecule has 20 heavy (non-hydrogen) atoms. The van der Waals surface area contributed by atoms with E-state index in [2.05, 4.69) is 4.99 Å². The molecule has 1 aliphatic carbocycles. The summed E-state index contributed by atoms with van der Waals surface area (Å²) < 4.78 is 25.9. The smallest absolute Gasteiger partial charge is 0.267 e. The van der Waals surface area contributed by atoms with Gasteiger partial charge in [0.1, 0.15) is 11.2 Å². The normalized spacial score (nSPS) is 20.9. The second-order valence-corrected chi connectivity index (χ2v) is 7.07. The van der Waals surface area contributed by atoms with Crippen molar-refractivity contribution in [1.82, 2.24) is 4.31 Å². The van der Waals surface area contributed by atoms with E-state index >= 15 is 0 Å². The molecule has 1 heterocycles. The van der Waals surface area contributed by atoms with Gasteiger partial charge >= 0.3 is 0 Å². The summed E-state index contributed by atoms with van der Waals surface area (Å²) in [7, 11) is -3.64. The highest BCUT2D eigenvalue weighted by molar-refractivity contribution is 7.89. The van der Waals surface area contributed by atoms with Crippen LogP contribution < -0.4 is 0 Å². The maximum atomic E-state index is 12.4. The van der Waals surface area contributed by atoms with Crippen molar-refractivity contribution in [2.75, 3.05) is 6.54 Å². The van der Waals surface area contributed by atoms with E-state index in [1.165, 1.54) is 12.4 Å². The highest BCUT2D eigenvalue weighted by Crippen LogP contribution is 2.31. The van der Waals surface area contributed by atoms with E-state index in [-0.39, 0.29) is 23.1 Å². The molecule has 0 saturated heterocycles. The van der Waals surface area contributed by atoms with E-state index in [1.54, 1.807) is 18.2 Å². The van der Waals surface area contributed by atoms with Crippen LogP contribution in [-0.2, 0) is 14.8 Å². The fraction of sp³-hybridized carbons (Fsp3) is 0.429. The van der Waals surface area contributed by atoms with Crippen molar-refractivity contribution in [2.45, 2.75) is 30.6 Å². The first-order chi connectivity index (χ1) is 9.59. The minimum atomic E-state index is -3.64. The summed E-state index contributed by atoms with van der Waals surface area (Å²) >= 11 is 0. The molecule has 1 aliphatic heterocycles. The second-order valence-electron chi connectivity index (χ2n) is 5.21. The summed E-state index contributed by atoms with van der Waals surface area (Å²) in [6.45, 7) is -0.106. The Labute approximate surface area is 118 Å². The Bertz CT molecular complexity index is 661. The maximum Gasteiger partial charge on any atom is 0.267 e. The van der Waals surface area contributed by atoms with Crippen molar-refractivity contribution in [2.24, 2.45) is 10.9 Å². The van der Waals surface area contributed by atoms with Gasteiger partial charge in [-0.15, -0.1) is 0 Å². The van der Waals surface area contributed by atoms with Gasteiger partial charge in [0.15, 0.2) is 5.78 Å². The fourth-order valence-electron chi connectivity index (χ4n) is 2.75. The van der Waals surface area contributed by atoms with Crippen LogP contribution in [0, 0.1) is 5.92 Å². The molecule has 0 aromatic heterocycles. The van der Waals surface area contributed by atoms with Gasteiger partial charge in [0.05, 0.1) is 12.2 Å². The lowest BCUT2D eigenvalue weighted by molar-refractivity contribution is -0.122. The van der Waals surface area contributed by atoms with Crippen molar-refractivity contribution in [3.8, 4) is 0 Å². The van der Waals surface area contributed by atoms with E-state index in [9.17, 15) is 13.2 Å². The van der Waals surface area contributed by atoms with E-state index in [0.29, 0.717) is 5.69 Å². The van der Waals surface area contributed by atoms with Crippen LogP contribution in [0.15, 0.2) is 34.2 Å². The number of Topliss-reactive ketones (excluding diaryl/α,β-unsaturated/α-hetero) is 1. The molecule has 0 spiro atoms. The molecule has 0 bridgehead atoms. The molecule has 5 nitrogen and oxygen atoms in total. The predicted molar refractivity (Wildman–Crippen MR) is 75.5 cm³/mol. The lowest BCUT2D eigenvalue weighted by Crippen LogP contribution is -2.38. The Morgan fingerprint density at radius 3 is 2.70 bits per heavy atom. The number of ketones is 1. The zero-order chi connectivity index (χ0) is 14.2. The summed E-state index contributed by atoms with van der Waals surface area (Å²) in [4.78, 5) is 16.4. The lowest BCUT2D eigenvalue weighted by Gasteiger charge is -2.24. The number of fused-ring (bicyclic) bond motifs is 1. The molecular formula is C14H16N2O3S. The third kappa shape index (κ3) is 2.24. The van der Waals surface area contributed by atoms with E-state index < -0.39 is 10.0 Å². The Hall–Kier alpha value is -1.69. The molecule has 6 heteroatoms. The van der Waals surface area contributed by atoms with Gasteiger partial charge in [0.25, 0.3) is 10.0 Å². The number of hydrogen-bond acceptors (Lipinski definition) is 4. The van der Waals surface area contributed by atoms with Gasteiger partial charge in [-0.25, -0.2) is 17.7 Å². The summed E-state index contributed by atoms with van der Waals surface area (Å²) in [6.07, 6.45) is 5.12. The minimum Gasteiger partial charge on any atom is -0.297 e. The largest absolute Gasteiger partial charge is 0.297 e. The number of rotatable bonds is 3. The first kappa shape index (κ1) is 13.3. The van der Waals surface area contributed by atoms with Crippen LogP contribution in [0.25, 0.3) is 0 Å². The number of hydrogen-bond donors (Lipinski definition) is 0. The van der Waals surface area contributed by atoms with Gasteiger partial charge in [0.2, 0.25) is 0 Å².